The molecule has 8 heteroatoms. The van der Waals surface area contributed by atoms with Crippen molar-refractivity contribution in [2.24, 2.45) is 5.92 Å². The number of piperidine rings is 1. The number of rotatable bonds is 7. The minimum Gasteiger partial charge on any atom is -0.355 e. The summed E-state index contributed by atoms with van der Waals surface area (Å²) >= 11 is 0. The Morgan fingerprint density at radius 1 is 1.07 bits per heavy atom. The molecule has 0 aromatic heterocycles. The molecule has 1 aliphatic rings. The van der Waals surface area contributed by atoms with E-state index in [4.69, 9.17) is 0 Å². The Hall–Kier alpha value is -2.71. The summed E-state index contributed by atoms with van der Waals surface area (Å²) in [5.74, 6) is -0.683. The molecule has 1 heterocycles. The molecule has 0 saturated carbocycles. The molecular formula is C22H27N3O4S. The predicted molar refractivity (Wildman–Crippen MR) is 115 cm³/mol. The third-order valence-corrected chi connectivity index (χ3v) is 7.00. The van der Waals surface area contributed by atoms with Gasteiger partial charge in [-0.25, -0.2) is 8.42 Å². The highest BCUT2D eigenvalue weighted by Gasteiger charge is 2.33. The first-order chi connectivity index (χ1) is 14.4. The van der Waals surface area contributed by atoms with Gasteiger partial charge in [0.1, 0.15) is 0 Å². The van der Waals surface area contributed by atoms with Crippen LogP contribution >= 0.6 is 0 Å². The van der Waals surface area contributed by atoms with Gasteiger partial charge in [-0.15, -0.1) is 0 Å². The van der Waals surface area contributed by atoms with Crippen molar-refractivity contribution in [3.63, 3.8) is 0 Å². The third-order valence-electron chi connectivity index (χ3n) is 5.12. The van der Waals surface area contributed by atoms with Crippen molar-refractivity contribution in [2.75, 3.05) is 25.0 Å². The largest absolute Gasteiger partial charge is 0.355 e. The van der Waals surface area contributed by atoms with Gasteiger partial charge in [0, 0.05) is 32.2 Å². The molecule has 0 spiro atoms. The van der Waals surface area contributed by atoms with E-state index in [0.717, 1.165) is 12.0 Å². The predicted octanol–water partition coefficient (Wildman–Crippen LogP) is 2.40. The van der Waals surface area contributed by atoms with Gasteiger partial charge in [0.05, 0.1) is 10.8 Å². The molecule has 3 rings (SSSR count). The summed E-state index contributed by atoms with van der Waals surface area (Å²) in [4.78, 5) is 23.8. The quantitative estimate of drug-likeness (QED) is 0.707. The SMILES string of the molecule is CC(=O)Nc1ccc(S(=O)(=O)N2CCCC(C(=O)NCCc3ccccc3)C2)cc1. The lowest BCUT2D eigenvalue weighted by Crippen LogP contribution is -2.45. The van der Waals surface area contributed by atoms with Gasteiger partial charge in [0.15, 0.2) is 0 Å². The smallest absolute Gasteiger partial charge is 0.243 e. The van der Waals surface area contributed by atoms with E-state index in [9.17, 15) is 18.0 Å². The van der Waals surface area contributed by atoms with Crippen molar-refractivity contribution >= 4 is 27.5 Å². The fourth-order valence-electron chi connectivity index (χ4n) is 3.56. The van der Waals surface area contributed by atoms with Gasteiger partial charge in [0.25, 0.3) is 0 Å². The first kappa shape index (κ1) is 22.0. The summed E-state index contributed by atoms with van der Waals surface area (Å²) < 4.78 is 27.4. The van der Waals surface area contributed by atoms with Crippen molar-refractivity contribution in [1.29, 1.82) is 0 Å². The van der Waals surface area contributed by atoms with Crippen LogP contribution in [0.1, 0.15) is 25.3 Å². The molecule has 2 aromatic carbocycles. The highest BCUT2D eigenvalue weighted by atomic mass is 32.2. The normalized spacial score (nSPS) is 17.3. The minimum absolute atomic E-state index is 0.105. The van der Waals surface area contributed by atoms with Crippen LogP contribution in [0.3, 0.4) is 0 Å². The molecule has 7 nitrogen and oxygen atoms in total. The zero-order valence-electron chi connectivity index (χ0n) is 17.0. The van der Waals surface area contributed by atoms with Crippen molar-refractivity contribution in [2.45, 2.75) is 31.1 Å². The summed E-state index contributed by atoms with van der Waals surface area (Å²) in [7, 11) is -3.70. The molecule has 1 aliphatic heterocycles. The fourth-order valence-corrected chi connectivity index (χ4v) is 5.08. The monoisotopic (exact) mass is 429 g/mol. The lowest BCUT2D eigenvalue weighted by molar-refractivity contribution is -0.126. The molecule has 2 amide bonds. The molecular weight excluding hydrogens is 402 g/mol. The average molecular weight is 430 g/mol. The lowest BCUT2D eigenvalue weighted by Gasteiger charge is -2.31. The number of carbonyl (C=O) groups is 2. The van der Waals surface area contributed by atoms with Crippen LogP contribution in [-0.4, -0.2) is 44.2 Å². The molecule has 0 aliphatic carbocycles. The zero-order chi connectivity index (χ0) is 21.6. The summed E-state index contributed by atoms with van der Waals surface area (Å²) in [6.07, 6.45) is 2.05. The van der Waals surface area contributed by atoms with E-state index in [1.807, 2.05) is 30.3 Å². The van der Waals surface area contributed by atoms with Gasteiger partial charge in [-0.1, -0.05) is 30.3 Å². The molecule has 0 radical (unpaired) electrons. The van der Waals surface area contributed by atoms with Crippen LogP contribution in [0.2, 0.25) is 0 Å². The van der Waals surface area contributed by atoms with Crippen molar-refractivity contribution in [3.05, 3.63) is 60.2 Å². The molecule has 1 saturated heterocycles. The standard InChI is InChI=1S/C22H27N3O4S/c1-17(26)24-20-9-11-21(12-10-20)30(28,29)25-15-5-8-19(16-25)22(27)23-14-13-18-6-3-2-4-7-18/h2-4,6-7,9-12,19H,5,8,13-16H2,1H3,(H,23,27)(H,24,26). The second-order valence-electron chi connectivity index (χ2n) is 7.43. The molecule has 0 bridgehead atoms. The Labute approximate surface area is 177 Å². The van der Waals surface area contributed by atoms with Gasteiger partial charge in [0.2, 0.25) is 21.8 Å². The van der Waals surface area contributed by atoms with Crippen LogP contribution in [0.4, 0.5) is 5.69 Å². The molecule has 1 fully saturated rings. The number of hydrogen-bond acceptors (Lipinski definition) is 4. The number of benzene rings is 2. The lowest BCUT2D eigenvalue weighted by atomic mass is 9.99. The van der Waals surface area contributed by atoms with E-state index in [1.54, 1.807) is 12.1 Å². The maximum Gasteiger partial charge on any atom is 0.243 e. The van der Waals surface area contributed by atoms with Crippen molar-refractivity contribution in [3.8, 4) is 0 Å². The Kier molecular flexibility index (Phi) is 7.23. The van der Waals surface area contributed by atoms with E-state index in [1.165, 1.54) is 23.4 Å². The van der Waals surface area contributed by atoms with E-state index < -0.39 is 10.0 Å². The van der Waals surface area contributed by atoms with Gasteiger partial charge in [-0.3, -0.25) is 9.59 Å². The van der Waals surface area contributed by atoms with E-state index in [-0.39, 0.29) is 29.2 Å². The first-order valence-corrected chi connectivity index (χ1v) is 11.5. The van der Waals surface area contributed by atoms with Crippen molar-refractivity contribution < 1.29 is 18.0 Å². The number of nitrogens with one attached hydrogen (secondary N) is 2. The van der Waals surface area contributed by atoms with Crippen LogP contribution < -0.4 is 10.6 Å². The van der Waals surface area contributed by atoms with Gasteiger partial charge < -0.3 is 10.6 Å². The second-order valence-corrected chi connectivity index (χ2v) is 9.37. The highest BCUT2D eigenvalue weighted by Crippen LogP contribution is 2.25. The maximum atomic E-state index is 13.0. The fraction of sp³-hybridized carbons (Fsp3) is 0.364. The molecule has 2 N–H and O–H groups in total. The first-order valence-electron chi connectivity index (χ1n) is 10.1. The van der Waals surface area contributed by atoms with Gasteiger partial charge >= 0.3 is 0 Å². The molecule has 1 atom stereocenters. The highest BCUT2D eigenvalue weighted by molar-refractivity contribution is 7.89. The number of amides is 2. The van der Waals surface area contributed by atoms with Crippen LogP contribution in [0, 0.1) is 5.92 Å². The Bertz CT molecular complexity index is 975. The van der Waals surface area contributed by atoms with Crippen LogP contribution in [0.25, 0.3) is 0 Å². The number of anilines is 1. The topological polar surface area (TPSA) is 95.6 Å². The number of sulfonamides is 1. The maximum absolute atomic E-state index is 13.0. The summed E-state index contributed by atoms with van der Waals surface area (Å²) in [5, 5.41) is 5.55. The average Bonchev–Trinajstić information content (AvgIpc) is 2.74. The van der Waals surface area contributed by atoms with Crippen LogP contribution in [0.5, 0.6) is 0 Å². The molecule has 30 heavy (non-hydrogen) atoms. The third kappa shape index (κ3) is 5.67. The zero-order valence-corrected chi connectivity index (χ0v) is 17.8. The van der Waals surface area contributed by atoms with E-state index >= 15 is 0 Å². The number of carbonyl (C=O) groups excluding carboxylic acids is 2. The summed E-state index contributed by atoms with van der Waals surface area (Å²) in [6.45, 7) is 2.48. The Morgan fingerprint density at radius 2 is 1.77 bits per heavy atom. The Morgan fingerprint density at radius 3 is 2.43 bits per heavy atom. The van der Waals surface area contributed by atoms with Crippen LogP contribution in [0.15, 0.2) is 59.5 Å². The summed E-state index contributed by atoms with van der Waals surface area (Å²) in [5.41, 5.74) is 1.68. The number of hydrogen-bond donors (Lipinski definition) is 2. The summed E-state index contributed by atoms with van der Waals surface area (Å²) in [6, 6.07) is 16.0. The second kappa shape index (κ2) is 9.86. The Balaban J connectivity index is 1.58. The van der Waals surface area contributed by atoms with Gasteiger partial charge in [-0.2, -0.15) is 4.31 Å². The van der Waals surface area contributed by atoms with Gasteiger partial charge in [-0.05, 0) is 49.1 Å². The molecule has 160 valence electrons. The van der Waals surface area contributed by atoms with Crippen LogP contribution in [-0.2, 0) is 26.0 Å². The number of nitrogens with zero attached hydrogens (tertiary/aromatic N) is 1. The van der Waals surface area contributed by atoms with E-state index in [2.05, 4.69) is 10.6 Å². The van der Waals surface area contributed by atoms with Crippen molar-refractivity contribution in [1.82, 2.24) is 9.62 Å². The minimum atomic E-state index is -3.70. The molecule has 1 unspecified atom stereocenters. The molecule has 2 aromatic rings. The van der Waals surface area contributed by atoms with E-state index in [0.29, 0.717) is 31.6 Å².